The summed E-state index contributed by atoms with van der Waals surface area (Å²) in [7, 11) is 0. The summed E-state index contributed by atoms with van der Waals surface area (Å²) in [5.41, 5.74) is 7.79. The Bertz CT molecular complexity index is 672. The molecule has 0 unspecified atom stereocenters. The van der Waals surface area contributed by atoms with Crippen LogP contribution in [-0.2, 0) is 5.75 Å². The van der Waals surface area contributed by atoms with Crippen LogP contribution in [0.15, 0.2) is 53.4 Å². The molecule has 120 valence electrons. The number of nitrogens with zero attached hydrogens (tertiary/aromatic N) is 1. The van der Waals surface area contributed by atoms with Gasteiger partial charge in [-0.05, 0) is 48.4 Å². The number of halogens is 1. The van der Waals surface area contributed by atoms with Crippen molar-refractivity contribution in [1.29, 1.82) is 0 Å². The molecule has 1 saturated heterocycles. The second kappa shape index (κ2) is 7.39. The van der Waals surface area contributed by atoms with E-state index in [0.29, 0.717) is 6.54 Å². The molecule has 2 aromatic rings. The van der Waals surface area contributed by atoms with Crippen molar-refractivity contribution in [2.75, 3.05) is 13.1 Å². The minimum absolute atomic E-state index is 0.0786. The van der Waals surface area contributed by atoms with E-state index in [0.717, 1.165) is 29.3 Å². The molecule has 0 saturated carbocycles. The lowest BCUT2D eigenvalue weighted by Gasteiger charge is -2.15. The van der Waals surface area contributed by atoms with E-state index < -0.39 is 0 Å². The van der Waals surface area contributed by atoms with Gasteiger partial charge in [-0.3, -0.25) is 4.79 Å². The van der Waals surface area contributed by atoms with E-state index in [-0.39, 0.29) is 11.9 Å². The normalized spacial score (nSPS) is 17.5. The Morgan fingerprint density at radius 3 is 2.48 bits per heavy atom. The standard InChI is InChI=1S/C18H19ClN2OS/c19-15-5-7-17(8-6-15)23-12-13-1-3-14(4-2-13)18(22)21-10-9-16(20)11-21/h1-8,16H,9-12,20H2/t16-/m1/s1. The minimum Gasteiger partial charge on any atom is -0.337 e. The SMILES string of the molecule is N[C@@H]1CCN(C(=O)c2ccc(CSc3ccc(Cl)cc3)cc2)C1. The molecule has 0 aromatic heterocycles. The van der Waals surface area contributed by atoms with Crippen molar-refractivity contribution >= 4 is 29.3 Å². The van der Waals surface area contributed by atoms with Crippen molar-refractivity contribution in [2.24, 2.45) is 5.73 Å². The lowest BCUT2D eigenvalue weighted by molar-refractivity contribution is 0.0791. The van der Waals surface area contributed by atoms with E-state index in [1.807, 2.05) is 53.4 Å². The van der Waals surface area contributed by atoms with Gasteiger partial charge in [0, 0.05) is 40.4 Å². The molecule has 1 aliphatic heterocycles. The molecule has 5 heteroatoms. The predicted molar refractivity (Wildman–Crippen MR) is 96.0 cm³/mol. The topological polar surface area (TPSA) is 46.3 Å². The number of carbonyl (C=O) groups excluding carboxylic acids is 1. The van der Waals surface area contributed by atoms with Crippen LogP contribution in [0.2, 0.25) is 5.02 Å². The molecule has 3 nitrogen and oxygen atoms in total. The quantitative estimate of drug-likeness (QED) is 0.856. The van der Waals surface area contributed by atoms with Crippen molar-refractivity contribution in [3.8, 4) is 0 Å². The fourth-order valence-corrected chi connectivity index (χ4v) is 3.58. The van der Waals surface area contributed by atoms with Gasteiger partial charge in [-0.2, -0.15) is 0 Å². The van der Waals surface area contributed by atoms with Gasteiger partial charge >= 0.3 is 0 Å². The molecule has 0 radical (unpaired) electrons. The Morgan fingerprint density at radius 2 is 1.87 bits per heavy atom. The third kappa shape index (κ3) is 4.28. The molecule has 1 atom stereocenters. The van der Waals surface area contributed by atoms with Crippen LogP contribution in [0.3, 0.4) is 0 Å². The van der Waals surface area contributed by atoms with Gasteiger partial charge in [0.15, 0.2) is 0 Å². The highest BCUT2D eigenvalue weighted by Gasteiger charge is 2.24. The van der Waals surface area contributed by atoms with Gasteiger partial charge in [0.05, 0.1) is 0 Å². The van der Waals surface area contributed by atoms with Crippen molar-refractivity contribution < 1.29 is 4.79 Å². The second-order valence-corrected chi connectivity index (χ2v) is 7.22. The van der Waals surface area contributed by atoms with Crippen molar-refractivity contribution in [2.45, 2.75) is 23.1 Å². The first-order chi connectivity index (χ1) is 11.1. The molecule has 2 aromatic carbocycles. The minimum atomic E-state index is 0.0786. The fraction of sp³-hybridized carbons (Fsp3) is 0.278. The Labute approximate surface area is 145 Å². The zero-order valence-electron chi connectivity index (χ0n) is 12.7. The smallest absolute Gasteiger partial charge is 0.253 e. The maximum absolute atomic E-state index is 12.4. The lowest BCUT2D eigenvalue weighted by atomic mass is 10.1. The van der Waals surface area contributed by atoms with Gasteiger partial charge < -0.3 is 10.6 Å². The van der Waals surface area contributed by atoms with E-state index >= 15 is 0 Å². The van der Waals surface area contributed by atoms with E-state index in [1.165, 1.54) is 10.5 Å². The van der Waals surface area contributed by atoms with Gasteiger partial charge in [0.2, 0.25) is 0 Å². The van der Waals surface area contributed by atoms with Crippen LogP contribution < -0.4 is 5.73 Å². The average molecular weight is 347 g/mol. The van der Waals surface area contributed by atoms with Crippen LogP contribution in [0, 0.1) is 0 Å². The Hall–Kier alpha value is -1.49. The highest BCUT2D eigenvalue weighted by Crippen LogP contribution is 2.24. The number of hydrogen-bond donors (Lipinski definition) is 1. The highest BCUT2D eigenvalue weighted by molar-refractivity contribution is 7.98. The van der Waals surface area contributed by atoms with Crippen molar-refractivity contribution in [3.05, 3.63) is 64.7 Å². The fourth-order valence-electron chi connectivity index (χ4n) is 2.60. The predicted octanol–water partition coefficient (Wildman–Crippen LogP) is 3.81. The summed E-state index contributed by atoms with van der Waals surface area (Å²) in [5, 5.41) is 0.749. The molecule has 23 heavy (non-hydrogen) atoms. The maximum Gasteiger partial charge on any atom is 0.253 e. The third-order valence-corrected chi connectivity index (χ3v) is 5.27. The largest absolute Gasteiger partial charge is 0.337 e. The molecule has 3 rings (SSSR count). The van der Waals surface area contributed by atoms with Crippen LogP contribution in [0.25, 0.3) is 0 Å². The van der Waals surface area contributed by atoms with Crippen LogP contribution >= 0.6 is 23.4 Å². The second-order valence-electron chi connectivity index (χ2n) is 5.74. The summed E-state index contributed by atoms with van der Waals surface area (Å²) in [6, 6.07) is 15.8. The summed E-state index contributed by atoms with van der Waals surface area (Å²) in [4.78, 5) is 15.4. The zero-order chi connectivity index (χ0) is 16.2. The van der Waals surface area contributed by atoms with Gasteiger partial charge in [-0.25, -0.2) is 0 Å². The summed E-state index contributed by atoms with van der Waals surface area (Å²) >= 11 is 7.64. The number of nitrogens with two attached hydrogens (primary N) is 1. The molecule has 2 N–H and O–H groups in total. The Kier molecular flexibility index (Phi) is 5.26. The van der Waals surface area contributed by atoms with Crippen LogP contribution in [0.4, 0.5) is 0 Å². The molecule has 1 heterocycles. The van der Waals surface area contributed by atoms with E-state index in [2.05, 4.69) is 0 Å². The maximum atomic E-state index is 12.4. The zero-order valence-corrected chi connectivity index (χ0v) is 14.3. The summed E-state index contributed by atoms with van der Waals surface area (Å²) in [5.74, 6) is 0.944. The Balaban J connectivity index is 1.58. The molecule has 0 bridgehead atoms. The molecule has 0 spiro atoms. The highest BCUT2D eigenvalue weighted by atomic mass is 35.5. The van der Waals surface area contributed by atoms with Crippen molar-refractivity contribution in [1.82, 2.24) is 4.90 Å². The third-order valence-electron chi connectivity index (χ3n) is 3.93. The number of hydrogen-bond acceptors (Lipinski definition) is 3. The van der Waals surface area contributed by atoms with Gasteiger partial charge in [0.25, 0.3) is 5.91 Å². The lowest BCUT2D eigenvalue weighted by Crippen LogP contribution is -2.31. The summed E-state index contributed by atoms with van der Waals surface area (Å²) in [6.07, 6.45) is 0.890. The van der Waals surface area contributed by atoms with Gasteiger partial charge in [0.1, 0.15) is 0 Å². The van der Waals surface area contributed by atoms with Crippen LogP contribution in [0.5, 0.6) is 0 Å². The number of likely N-dealkylation sites (tertiary alicyclic amines) is 1. The van der Waals surface area contributed by atoms with E-state index in [4.69, 9.17) is 17.3 Å². The van der Waals surface area contributed by atoms with Gasteiger partial charge in [-0.1, -0.05) is 23.7 Å². The van der Waals surface area contributed by atoms with E-state index in [1.54, 1.807) is 11.8 Å². The summed E-state index contributed by atoms with van der Waals surface area (Å²) < 4.78 is 0. The molecular formula is C18H19ClN2OS. The summed E-state index contributed by atoms with van der Waals surface area (Å²) in [6.45, 7) is 1.42. The Morgan fingerprint density at radius 1 is 1.17 bits per heavy atom. The first-order valence-corrected chi connectivity index (χ1v) is 9.00. The van der Waals surface area contributed by atoms with Crippen molar-refractivity contribution in [3.63, 3.8) is 0 Å². The first kappa shape index (κ1) is 16.4. The molecule has 0 aliphatic carbocycles. The number of amides is 1. The number of carbonyl (C=O) groups is 1. The molecule has 1 fully saturated rings. The van der Waals surface area contributed by atoms with Gasteiger partial charge in [-0.15, -0.1) is 11.8 Å². The average Bonchev–Trinajstić information content (AvgIpc) is 3.01. The number of benzene rings is 2. The molecule has 1 amide bonds. The van der Waals surface area contributed by atoms with Crippen LogP contribution in [0.1, 0.15) is 22.3 Å². The molecule has 1 aliphatic rings. The number of thioether (sulfide) groups is 1. The van der Waals surface area contributed by atoms with Crippen LogP contribution in [-0.4, -0.2) is 29.9 Å². The monoisotopic (exact) mass is 346 g/mol. The number of rotatable bonds is 4. The molecular weight excluding hydrogens is 328 g/mol. The first-order valence-electron chi connectivity index (χ1n) is 7.64. The van der Waals surface area contributed by atoms with E-state index in [9.17, 15) is 4.79 Å².